The molecule has 0 unspecified atom stereocenters. The minimum atomic E-state index is 0.00825. The van der Waals surface area contributed by atoms with Crippen molar-refractivity contribution in [3.63, 3.8) is 0 Å². The summed E-state index contributed by atoms with van der Waals surface area (Å²) in [6.45, 7) is 1.93. The SMILES string of the molecule is C[C@H](C#N)CSc1nc(-c2cccs2)nc2ccccc12. The lowest BCUT2D eigenvalue weighted by Crippen LogP contribution is -1.97. The van der Waals surface area contributed by atoms with Crippen LogP contribution in [0.3, 0.4) is 0 Å². The third-order valence-corrected chi connectivity index (χ3v) is 5.12. The fraction of sp³-hybridized carbons (Fsp3) is 0.188. The van der Waals surface area contributed by atoms with Crippen LogP contribution in [0.15, 0.2) is 46.8 Å². The Balaban J connectivity index is 2.06. The second kappa shape index (κ2) is 6.25. The zero-order valence-corrected chi connectivity index (χ0v) is 13.1. The molecule has 0 radical (unpaired) electrons. The molecule has 0 aliphatic carbocycles. The van der Waals surface area contributed by atoms with Gasteiger partial charge in [-0.05, 0) is 24.4 Å². The number of fused-ring (bicyclic) bond motifs is 1. The topological polar surface area (TPSA) is 49.6 Å². The standard InChI is InChI=1S/C16H13N3S2/c1-11(9-17)10-21-16-12-5-2-3-6-13(12)18-15(19-16)14-7-4-8-20-14/h2-8,11H,10H2,1H3/t11-/m1/s1. The number of hydrogen-bond acceptors (Lipinski definition) is 5. The first kappa shape index (κ1) is 14.1. The number of thioether (sulfide) groups is 1. The van der Waals surface area contributed by atoms with Crippen LogP contribution in [0.5, 0.6) is 0 Å². The van der Waals surface area contributed by atoms with Crippen LogP contribution >= 0.6 is 23.1 Å². The zero-order chi connectivity index (χ0) is 14.7. The van der Waals surface area contributed by atoms with Gasteiger partial charge < -0.3 is 0 Å². The minimum absolute atomic E-state index is 0.00825. The normalized spacial score (nSPS) is 12.2. The van der Waals surface area contributed by atoms with Crippen molar-refractivity contribution in [1.82, 2.24) is 9.97 Å². The van der Waals surface area contributed by atoms with Crippen LogP contribution in [0, 0.1) is 17.2 Å². The highest BCUT2D eigenvalue weighted by Crippen LogP contribution is 2.30. The monoisotopic (exact) mass is 311 g/mol. The van der Waals surface area contributed by atoms with Gasteiger partial charge in [-0.25, -0.2) is 9.97 Å². The predicted molar refractivity (Wildman–Crippen MR) is 88.4 cm³/mol. The van der Waals surface area contributed by atoms with E-state index in [0.29, 0.717) is 0 Å². The Kier molecular flexibility index (Phi) is 4.18. The van der Waals surface area contributed by atoms with Crippen molar-refractivity contribution >= 4 is 34.0 Å². The summed E-state index contributed by atoms with van der Waals surface area (Å²) in [4.78, 5) is 10.4. The fourth-order valence-electron chi connectivity index (χ4n) is 1.91. The van der Waals surface area contributed by atoms with E-state index in [-0.39, 0.29) is 5.92 Å². The number of hydrogen-bond donors (Lipinski definition) is 0. The molecule has 3 rings (SSSR count). The van der Waals surface area contributed by atoms with Crippen LogP contribution in [0.1, 0.15) is 6.92 Å². The van der Waals surface area contributed by atoms with Crippen molar-refractivity contribution < 1.29 is 0 Å². The van der Waals surface area contributed by atoms with Gasteiger partial charge in [0.1, 0.15) is 5.03 Å². The van der Waals surface area contributed by atoms with Crippen LogP contribution in [0.2, 0.25) is 0 Å². The zero-order valence-electron chi connectivity index (χ0n) is 11.5. The van der Waals surface area contributed by atoms with Gasteiger partial charge in [0, 0.05) is 11.1 Å². The van der Waals surface area contributed by atoms with Gasteiger partial charge in [-0.15, -0.1) is 23.1 Å². The molecule has 0 saturated heterocycles. The number of benzene rings is 1. The molecule has 2 aromatic heterocycles. The maximum absolute atomic E-state index is 8.94. The predicted octanol–water partition coefficient (Wildman–Crippen LogP) is 4.61. The lowest BCUT2D eigenvalue weighted by atomic mass is 10.2. The Bertz CT molecular complexity index is 791. The van der Waals surface area contributed by atoms with E-state index in [4.69, 9.17) is 10.2 Å². The second-order valence-corrected chi connectivity index (χ2v) is 6.64. The molecule has 0 fully saturated rings. The van der Waals surface area contributed by atoms with E-state index in [1.807, 2.05) is 48.7 Å². The molecule has 0 saturated carbocycles. The third kappa shape index (κ3) is 3.07. The van der Waals surface area contributed by atoms with Crippen LogP contribution in [-0.2, 0) is 0 Å². The summed E-state index contributed by atoms with van der Waals surface area (Å²) in [5, 5.41) is 13.0. The molecule has 0 spiro atoms. The molecule has 0 bridgehead atoms. The average molecular weight is 311 g/mol. The summed E-state index contributed by atoms with van der Waals surface area (Å²) in [6.07, 6.45) is 0. The van der Waals surface area contributed by atoms with Crippen LogP contribution in [0.25, 0.3) is 21.6 Å². The Morgan fingerprint density at radius 3 is 2.86 bits per heavy atom. The molecule has 3 aromatic rings. The Morgan fingerprint density at radius 1 is 1.24 bits per heavy atom. The molecule has 0 aliphatic heterocycles. The molecular formula is C16H13N3S2. The second-order valence-electron chi connectivity index (χ2n) is 4.69. The number of nitriles is 1. The highest BCUT2D eigenvalue weighted by molar-refractivity contribution is 7.99. The van der Waals surface area contributed by atoms with Gasteiger partial charge in [-0.1, -0.05) is 24.3 Å². The van der Waals surface area contributed by atoms with Gasteiger partial charge in [0.05, 0.1) is 22.4 Å². The molecular weight excluding hydrogens is 298 g/mol. The van der Waals surface area contributed by atoms with Crippen molar-refractivity contribution in [3.8, 4) is 16.8 Å². The van der Waals surface area contributed by atoms with Gasteiger partial charge in [0.15, 0.2) is 5.82 Å². The van der Waals surface area contributed by atoms with E-state index in [0.717, 1.165) is 32.4 Å². The van der Waals surface area contributed by atoms with Crippen molar-refractivity contribution in [2.24, 2.45) is 5.92 Å². The Hall–Kier alpha value is -1.90. The van der Waals surface area contributed by atoms with Gasteiger partial charge in [-0.2, -0.15) is 5.26 Å². The Morgan fingerprint density at radius 2 is 2.10 bits per heavy atom. The van der Waals surface area contributed by atoms with Gasteiger partial charge in [0.2, 0.25) is 0 Å². The molecule has 2 heterocycles. The van der Waals surface area contributed by atoms with Crippen LogP contribution in [0.4, 0.5) is 0 Å². The third-order valence-electron chi connectivity index (χ3n) is 3.00. The summed E-state index contributed by atoms with van der Waals surface area (Å²) in [7, 11) is 0. The summed E-state index contributed by atoms with van der Waals surface area (Å²) in [5.74, 6) is 1.51. The van der Waals surface area contributed by atoms with Gasteiger partial charge >= 0.3 is 0 Å². The molecule has 3 nitrogen and oxygen atoms in total. The average Bonchev–Trinajstić information content (AvgIpc) is 3.06. The number of rotatable bonds is 4. The summed E-state index contributed by atoms with van der Waals surface area (Å²) < 4.78 is 0. The van der Waals surface area contributed by atoms with Crippen LogP contribution in [-0.4, -0.2) is 15.7 Å². The molecule has 104 valence electrons. The largest absolute Gasteiger partial charge is 0.227 e. The van der Waals surface area contributed by atoms with E-state index in [9.17, 15) is 0 Å². The van der Waals surface area contributed by atoms with E-state index < -0.39 is 0 Å². The number of nitrogens with zero attached hydrogens (tertiary/aromatic N) is 3. The number of para-hydroxylation sites is 1. The lowest BCUT2D eigenvalue weighted by Gasteiger charge is -2.08. The summed E-state index contributed by atoms with van der Waals surface area (Å²) >= 11 is 3.26. The van der Waals surface area contributed by atoms with E-state index in [1.165, 1.54) is 0 Å². The maximum Gasteiger partial charge on any atom is 0.171 e. The van der Waals surface area contributed by atoms with E-state index in [2.05, 4.69) is 11.1 Å². The first-order valence-corrected chi connectivity index (χ1v) is 8.47. The number of thiophene rings is 1. The molecule has 0 amide bonds. The molecule has 1 aromatic carbocycles. The first-order chi connectivity index (χ1) is 10.3. The van der Waals surface area contributed by atoms with Gasteiger partial charge in [0.25, 0.3) is 0 Å². The molecule has 1 atom stereocenters. The summed E-state index contributed by atoms with van der Waals surface area (Å²) in [6, 6.07) is 14.3. The van der Waals surface area contributed by atoms with Crippen molar-refractivity contribution in [1.29, 1.82) is 5.26 Å². The quantitative estimate of drug-likeness (QED) is 0.521. The van der Waals surface area contributed by atoms with Crippen LogP contribution < -0.4 is 0 Å². The van der Waals surface area contributed by atoms with Gasteiger partial charge in [-0.3, -0.25) is 0 Å². The Labute approximate surface area is 131 Å². The molecule has 5 heteroatoms. The maximum atomic E-state index is 8.94. The number of aromatic nitrogens is 2. The van der Waals surface area contributed by atoms with E-state index in [1.54, 1.807) is 23.1 Å². The van der Waals surface area contributed by atoms with Crippen molar-refractivity contribution in [2.75, 3.05) is 5.75 Å². The first-order valence-electron chi connectivity index (χ1n) is 6.61. The van der Waals surface area contributed by atoms with Crippen molar-refractivity contribution in [3.05, 3.63) is 41.8 Å². The minimum Gasteiger partial charge on any atom is -0.227 e. The molecule has 21 heavy (non-hydrogen) atoms. The smallest absolute Gasteiger partial charge is 0.171 e. The molecule has 0 N–H and O–H groups in total. The highest BCUT2D eigenvalue weighted by atomic mass is 32.2. The highest BCUT2D eigenvalue weighted by Gasteiger charge is 2.11. The summed E-state index contributed by atoms with van der Waals surface area (Å²) in [5.41, 5.74) is 0.947. The molecule has 0 aliphatic rings. The van der Waals surface area contributed by atoms with Crippen molar-refractivity contribution in [2.45, 2.75) is 11.9 Å². The van der Waals surface area contributed by atoms with E-state index >= 15 is 0 Å². The lowest BCUT2D eigenvalue weighted by molar-refractivity contribution is 0.862. The fourth-order valence-corrected chi connectivity index (χ4v) is 3.53.